The van der Waals surface area contributed by atoms with Gasteiger partial charge in [0.15, 0.2) is 17.7 Å². The molecule has 2 N–H and O–H groups in total. The van der Waals surface area contributed by atoms with E-state index in [4.69, 9.17) is 24.7 Å². The Bertz CT molecular complexity index is 718. The summed E-state index contributed by atoms with van der Waals surface area (Å²) in [7, 11) is 3.32. The van der Waals surface area contributed by atoms with E-state index in [1.807, 2.05) is 4.57 Å². The van der Waals surface area contributed by atoms with Crippen LogP contribution in [0.2, 0.25) is 0 Å². The van der Waals surface area contributed by atoms with Gasteiger partial charge >= 0.3 is 0 Å². The smallest absolute Gasteiger partial charge is 0.167 e. The summed E-state index contributed by atoms with van der Waals surface area (Å²) in [4.78, 5) is 12.5. The summed E-state index contributed by atoms with van der Waals surface area (Å²) < 4.78 is 25.2. The number of ether oxygens (including phenoxy) is 4. The lowest BCUT2D eigenvalue weighted by molar-refractivity contribution is -0.159. The number of rotatable bonds is 4. The maximum Gasteiger partial charge on any atom is 0.167 e. The predicted molar refractivity (Wildman–Crippen MR) is 79.6 cm³/mol. The lowest BCUT2D eigenvalue weighted by atomic mass is 9.90. The maximum atomic E-state index is 6.36. The molecule has 0 amide bonds. The molecule has 9 heteroatoms. The summed E-state index contributed by atoms with van der Waals surface area (Å²) in [5.74, 6) is 0.338. The Balaban J connectivity index is 1.78. The van der Waals surface area contributed by atoms with Gasteiger partial charge in [0, 0.05) is 20.6 Å². The lowest BCUT2D eigenvalue weighted by Gasteiger charge is -2.37. The standard InChI is InChI=1S/C14H19N5O4/c1-20-5-14-3-4-22-9(10(14)21-2)13(23-14)19-7-18-8-11(15)16-6-17-12(8)19/h6-7,9-10,13H,3-5H2,1-2H3,(H2,15,16,17)/t9?,10?,13?,14-/m1/s1. The fraction of sp³-hybridized carbons (Fsp3) is 0.643. The summed E-state index contributed by atoms with van der Waals surface area (Å²) in [6.45, 7) is 1.03. The molecular weight excluding hydrogens is 302 g/mol. The number of nitrogens with zero attached hydrogens (tertiary/aromatic N) is 4. The lowest BCUT2D eigenvalue weighted by Crippen LogP contribution is -2.52. The quantitative estimate of drug-likeness (QED) is 0.846. The summed E-state index contributed by atoms with van der Waals surface area (Å²) >= 11 is 0. The summed E-state index contributed by atoms with van der Waals surface area (Å²) in [6.07, 6.45) is 2.87. The van der Waals surface area contributed by atoms with Crippen molar-refractivity contribution in [2.24, 2.45) is 0 Å². The van der Waals surface area contributed by atoms with E-state index in [-0.39, 0.29) is 12.2 Å². The molecule has 2 aliphatic heterocycles. The summed E-state index contributed by atoms with van der Waals surface area (Å²) in [6, 6.07) is 0. The Morgan fingerprint density at radius 2 is 2.26 bits per heavy atom. The number of aromatic nitrogens is 4. The van der Waals surface area contributed by atoms with Crippen molar-refractivity contribution >= 4 is 17.0 Å². The molecule has 23 heavy (non-hydrogen) atoms. The highest BCUT2D eigenvalue weighted by molar-refractivity contribution is 5.81. The Morgan fingerprint density at radius 1 is 1.39 bits per heavy atom. The molecule has 2 aromatic rings. The van der Waals surface area contributed by atoms with Gasteiger partial charge in [-0.2, -0.15) is 0 Å². The first-order valence-corrected chi connectivity index (χ1v) is 7.44. The third kappa shape index (κ3) is 2.04. The van der Waals surface area contributed by atoms with Crippen molar-refractivity contribution in [2.75, 3.05) is 33.2 Å². The van der Waals surface area contributed by atoms with E-state index < -0.39 is 11.8 Å². The third-order valence-corrected chi connectivity index (χ3v) is 4.59. The van der Waals surface area contributed by atoms with Gasteiger partial charge in [0.05, 0.1) is 19.5 Å². The number of methoxy groups -OCH3 is 2. The van der Waals surface area contributed by atoms with Crippen molar-refractivity contribution in [1.29, 1.82) is 0 Å². The van der Waals surface area contributed by atoms with E-state index >= 15 is 0 Å². The van der Waals surface area contributed by atoms with Crippen LogP contribution in [-0.4, -0.2) is 64.8 Å². The van der Waals surface area contributed by atoms with E-state index in [1.165, 1.54) is 6.33 Å². The van der Waals surface area contributed by atoms with Crippen molar-refractivity contribution in [1.82, 2.24) is 19.5 Å². The zero-order chi connectivity index (χ0) is 16.0. The molecule has 3 unspecified atom stereocenters. The van der Waals surface area contributed by atoms with Crippen molar-refractivity contribution in [2.45, 2.75) is 30.5 Å². The molecule has 4 heterocycles. The molecular formula is C14H19N5O4. The monoisotopic (exact) mass is 321 g/mol. The molecule has 4 atom stereocenters. The Labute approximate surface area is 132 Å². The Morgan fingerprint density at radius 3 is 3.04 bits per heavy atom. The van der Waals surface area contributed by atoms with Gasteiger partial charge in [-0.1, -0.05) is 0 Å². The molecule has 0 spiro atoms. The van der Waals surface area contributed by atoms with Gasteiger partial charge in [0.2, 0.25) is 0 Å². The van der Waals surface area contributed by atoms with Gasteiger partial charge in [-0.15, -0.1) is 0 Å². The first kappa shape index (κ1) is 14.8. The van der Waals surface area contributed by atoms with Crippen LogP contribution in [0.3, 0.4) is 0 Å². The summed E-state index contributed by atoms with van der Waals surface area (Å²) in [5, 5.41) is 0. The number of anilines is 1. The van der Waals surface area contributed by atoms with Crippen LogP contribution < -0.4 is 5.73 Å². The second kappa shape index (κ2) is 5.38. The molecule has 2 aliphatic rings. The van der Waals surface area contributed by atoms with Crippen molar-refractivity contribution in [3.8, 4) is 0 Å². The minimum Gasteiger partial charge on any atom is -0.382 e. The maximum absolute atomic E-state index is 6.36. The fourth-order valence-electron chi connectivity index (χ4n) is 3.62. The fourth-order valence-corrected chi connectivity index (χ4v) is 3.62. The first-order valence-electron chi connectivity index (χ1n) is 7.44. The molecule has 0 radical (unpaired) electrons. The number of fused-ring (bicyclic) bond motifs is 3. The number of nitrogen functional groups attached to an aromatic ring is 1. The molecule has 9 nitrogen and oxygen atoms in total. The first-order chi connectivity index (χ1) is 11.2. The number of nitrogens with two attached hydrogens (primary N) is 1. The van der Waals surface area contributed by atoms with Crippen LogP contribution in [0.4, 0.5) is 5.82 Å². The molecule has 0 aromatic carbocycles. The van der Waals surface area contributed by atoms with E-state index in [0.29, 0.717) is 36.6 Å². The number of hydrogen-bond donors (Lipinski definition) is 1. The normalized spacial score (nSPS) is 33.4. The minimum absolute atomic E-state index is 0.224. The van der Waals surface area contributed by atoms with E-state index in [9.17, 15) is 0 Å². The second-order valence-electron chi connectivity index (χ2n) is 5.83. The van der Waals surface area contributed by atoms with Gasteiger partial charge < -0.3 is 24.7 Å². The SMILES string of the molecule is COC[C@@]12CCOC(C(n3cnc4c(N)ncnc43)O1)C2OC. The van der Waals surface area contributed by atoms with Crippen molar-refractivity contribution < 1.29 is 18.9 Å². The minimum atomic E-state index is -0.535. The van der Waals surface area contributed by atoms with Crippen molar-refractivity contribution in [3.05, 3.63) is 12.7 Å². The average Bonchev–Trinajstić information content (AvgIpc) is 3.04. The number of hydrogen-bond acceptors (Lipinski definition) is 8. The molecule has 4 rings (SSSR count). The van der Waals surface area contributed by atoms with Crippen LogP contribution in [-0.2, 0) is 18.9 Å². The molecule has 2 bridgehead atoms. The average molecular weight is 321 g/mol. The molecule has 0 saturated carbocycles. The van der Waals surface area contributed by atoms with Gasteiger partial charge in [-0.3, -0.25) is 4.57 Å². The van der Waals surface area contributed by atoms with Crippen LogP contribution >= 0.6 is 0 Å². The second-order valence-corrected chi connectivity index (χ2v) is 5.83. The van der Waals surface area contributed by atoms with Gasteiger partial charge in [0.25, 0.3) is 0 Å². The molecule has 124 valence electrons. The highest BCUT2D eigenvalue weighted by atomic mass is 16.6. The Hall–Kier alpha value is -1.81. The largest absolute Gasteiger partial charge is 0.382 e. The third-order valence-electron chi connectivity index (χ3n) is 4.59. The van der Waals surface area contributed by atoms with Gasteiger partial charge in [-0.05, 0) is 0 Å². The molecule has 0 aliphatic carbocycles. The zero-order valence-corrected chi connectivity index (χ0v) is 13.0. The Kier molecular flexibility index (Phi) is 3.45. The zero-order valence-electron chi connectivity index (χ0n) is 13.0. The van der Waals surface area contributed by atoms with Crippen LogP contribution in [0, 0.1) is 0 Å². The molecule has 2 saturated heterocycles. The topological polar surface area (TPSA) is 107 Å². The highest BCUT2D eigenvalue weighted by Crippen LogP contribution is 2.46. The van der Waals surface area contributed by atoms with E-state index in [0.717, 1.165) is 0 Å². The van der Waals surface area contributed by atoms with Crippen LogP contribution in [0.25, 0.3) is 11.2 Å². The van der Waals surface area contributed by atoms with Crippen molar-refractivity contribution in [3.63, 3.8) is 0 Å². The number of imidazole rings is 1. The van der Waals surface area contributed by atoms with Crippen LogP contribution in [0.15, 0.2) is 12.7 Å². The van der Waals surface area contributed by atoms with Gasteiger partial charge in [0.1, 0.15) is 29.7 Å². The predicted octanol–water partition coefficient (Wildman–Crippen LogP) is 0.126. The van der Waals surface area contributed by atoms with Gasteiger partial charge in [-0.25, -0.2) is 15.0 Å². The molecule has 2 fully saturated rings. The van der Waals surface area contributed by atoms with E-state index in [1.54, 1.807) is 20.5 Å². The molecule has 2 aromatic heterocycles. The highest BCUT2D eigenvalue weighted by Gasteiger charge is 2.59. The van der Waals surface area contributed by atoms with Crippen LogP contribution in [0.1, 0.15) is 12.6 Å². The van der Waals surface area contributed by atoms with E-state index in [2.05, 4.69) is 15.0 Å². The van der Waals surface area contributed by atoms with Crippen LogP contribution in [0.5, 0.6) is 0 Å². The summed E-state index contributed by atoms with van der Waals surface area (Å²) in [5.41, 5.74) is 6.48.